The lowest BCUT2D eigenvalue weighted by Crippen LogP contribution is -2.21. The highest BCUT2D eigenvalue weighted by Crippen LogP contribution is 2.07. The van der Waals surface area contributed by atoms with Gasteiger partial charge in [-0.2, -0.15) is 0 Å². The summed E-state index contributed by atoms with van der Waals surface area (Å²) in [6, 6.07) is 0. The van der Waals surface area contributed by atoms with Crippen molar-refractivity contribution in [3.63, 3.8) is 0 Å². The standard InChI is InChI=1S/C17H32O4/c1-2-3-4-5-6-7-8-9-10-11-12-13-17(20)21-15-16(19)14-18/h7-8,16,18-19H,2-6,9-15H2,1H3/b8-7-. The van der Waals surface area contributed by atoms with Gasteiger partial charge in [-0.25, -0.2) is 0 Å². The molecule has 0 fully saturated rings. The normalized spacial score (nSPS) is 12.7. The van der Waals surface area contributed by atoms with Gasteiger partial charge >= 0.3 is 5.97 Å². The number of aliphatic hydroxyl groups excluding tert-OH is 2. The van der Waals surface area contributed by atoms with E-state index in [1.165, 1.54) is 32.1 Å². The minimum atomic E-state index is -0.962. The van der Waals surface area contributed by atoms with Crippen LogP contribution in [0.4, 0.5) is 0 Å². The second kappa shape index (κ2) is 15.5. The van der Waals surface area contributed by atoms with Crippen LogP contribution in [0.5, 0.6) is 0 Å². The maximum atomic E-state index is 11.3. The van der Waals surface area contributed by atoms with E-state index in [0.717, 1.165) is 25.7 Å². The van der Waals surface area contributed by atoms with Gasteiger partial charge in [-0.05, 0) is 32.1 Å². The number of allylic oxidation sites excluding steroid dienone is 2. The monoisotopic (exact) mass is 300 g/mol. The summed E-state index contributed by atoms with van der Waals surface area (Å²) in [5.41, 5.74) is 0. The molecule has 0 bridgehead atoms. The minimum Gasteiger partial charge on any atom is -0.463 e. The zero-order chi connectivity index (χ0) is 15.8. The largest absolute Gasteiger partial charge is 0.463 e. The molecule has 0 aliphatic heterocycles. The Morgan fingerprint density at radius 1 is 1.05 bits per heavy atom. The Kier molecular flexibility index (Phi) is 14.9. The van der Waals surface area contributed by atoms with Crippen molar-refractivity contribution in [1.29, 1.82) is 0 Å². The Morgan fingerprint density at radius 3 is 2.24 bits per heavy atom. The Bertz CT molecular complexity index is 264. The molecule has 0 aromatic rings. The zero-order valence-electron chi connectivity index (χ0n) is 13.4. The topological polar surface area (TPSA) is 66.8 Å². The fourth-order valence-electron chi connectivity index (χ4n) is 1.95. The molecule has 124 valence electrons. The van der Waals surface area contributed by atoms with Gasteiger partial charge in [-0.1, -0.05) is 44.8 Å². The molecule has 1 atom stereocenters. The van der Waals surface area contributed by atoms with Crippen LogP contribution in [0.2, 0.25) is 0 Å². The second-order valence-corrected chi connectivity index (χ2v) is 5.44. The molecule has 0 aliphatic carbocycles. The first-order chi connectivity index (χ1) is 10.2. The van der Waals surface area contributed by atoms with Gasteiger partial charge in [0, 0.05) is 6.42 Å². The number of carbonyl (C=O) groups excluding carboxylic acids is 1. The third kappa shape index (κ3) is 15.3. The number of esters is 1. The van der Waals surface area contributed by atoms with Crippen LogP contribution in [-0.4, -0.2) is 35.5 Å². The molecule has 21 heavy (non-hydrogen) atoms. The van der Waals surface area contributed by atoms with E-state index in [2.05, 4.69) is 19.1 Å². The van der Waals surface area contributed by atoms with E-state index in [1.54, 1.807) is 0 Å². The molecule has 4 nitrogen and oxygen atoms in total. The molecule has 0 amide bonds. The summed E-state index contributed by atoms with van der Waals surface area (Å²) in [7, 11) is 0. The fraction of sp³-hybridized carbons (Fsp3) is 0.824. The number of aliphatic hydroxyl groups is 2. The number of unbranched alkanes of at least 4 members (excludes halogenated alkanes) is 7. The molecule has 0 saturated carbocycles. The predicted molar refractivity (Wildman–Crippen MR) is 85.0 cm³/mol. The van der Waals surface area contributed by atoms with Gasteiger partial charge in [0.1, 0.15) is 12.7 Å². The van der Waals surface area contributed by atoms with Crippen molar-refractivity contribution in [3.8, 4) is 0 Å². The highest BCUT2D eigenvalue weighted by atomic mass is 16.5. The van der Waals surface area contributed by atoms with E-state index >= 15 is 0 Å². The Balaban J connectivity index is 3.27. The highest BCUT2D eigenvalue weighted by Gasteiger charge is 2.07. The molecule has 0 aromatic heterocycles. The first kappa shape index (κ1) is 20.1. The molecule has 0 spiro atoms. The van der Waals surface area contributed by atoms with Crippen LogP contribution in [0.25, 0.3) is 0 Å². The Labute approximate surface area is 129 Å². The van der Waals surface area contributed by atoms with Crippen molar-refractivity contribution in [2.75, 3.05) is 13.2 Å². The number of hydrogen-bond donors (Lipinski definition) is 2. The van der Waals surface area contributed by atoms with Crippen molar-refractivity contribution in [1.82, 2.24) is 0 Å². The van der Waals surface area contributed by atoms with E-state index in [9.17, 15) is 4.79 Å². The van der Waals surface area contributed by atoms with Crippen molar-refractivity contribution >= 4 is 5.97 Å². The summed E-state index contributed by atoms with van der Waals surface area (Å²) in [4.78, 5) is 11.3. The maximum Gasteiger partial charge on any atom is 0.305 e. The fourth-order valence-corrected chi connectivity index (χ4v) is 1.95. The molecule has 0 aliphatic rings. The third-order valence-corrected chi connectivity index (χ3v) is 3.29. The van der Waals surface area contributed by atoms with Gasteiger partial charge in [0.05, 0.1) is 6.61 Å². The lowest BCUT2D eigenvalue weighted by Gasteiger charge is -2.08. The lowest BCUT2D eigenvalue weighted by atomic mass is 10.1. The molecule has 2 N–H and O–H groups in total. The third-order valence-electron chi connectivity index (χ3n) is 3.29. The molecule has 0 saturated heterocycles. The molecule has 0 heterocycles. The van der Waals surface area contributed by atoms with Gasteiger partial charge in [0.15, 0.2) is 0 Å². The van der Waals surface area contributed by atoms with E-state index in [0.29, 0.717) is 6.42 Å². The van der Waals surface area contributed by atoms with Crippen LogP contribution in [0, 0.1) is 0 Å². The van der Waals surface area contributed by atoms with Crippen molar-refractivity contribution in [2.45, 2.75) is 77.2 Å². The van der Waals surface area contributed by atoms with Crippen LogP contribution >= 0.6 is 0 Å². The molecule has 0 aromatic carbocycles. The van der Waals surface area contributed by atoms with Crippen LogP contribution in [0.3, 0.4) is 0 Å². The number of ether oxygens (including phenoxy) is 1. The first-order valence-electron chi connectivity index (χ1n) is 8.30. The average Bonchev–Trinajstić information content (AvgIpc) is 2.50. The highest BCUT2D eigenvalue weighted by molar-refractivity contribution is 5.69. The van der Waals surface area contributed by atoms with Crippen molar-refractivity contribution in [2.24, 2.45) is 0 Å². The maximum absolute atomic E-state index is 11.3. The predicted octanol–water partition coefficient (Wildman–Crippen LogP) is 3.36. The summed E-state index contributed by atoms with van der Waals surface area (Å²) < 4.78 is 4.82. The van der Waals surface area contributed by atoms with E-state index in [-0.39, 0.29) is 19.2 Å². The van der Waals surface area contributed by atoms with Crippen LogP contribution < -0.4 is 0 Å². The first-order valence-corrected chi connectivity index (χ1v) is 8.30. The molecule has 0 rings (SSSR count). The zero-order valence-corrected chi connectivity index (χ0v) is 13.4. The van der Waals surface area contributed by atoms with E-state index < -0.39 is 6.10 Å². The summed E-state index contributed by atoms with van der Waals surface area (Å²) in [6.45, 7) is 1.73. The van der Waals surface area contributed by atoms with Gasteiger partial charge in [0.2, 0.25) is 0 Å². The molecule has 1 unspecified atom stereocenters. The second-order valence-electron chi connectivity index (χ2n) is 5.44. The summed E-state index contributed by atoms with van der Waals surface area (Å²) in [5.74, 6) is -0.297. The Morgan fingerprint density at radius 2 is 1.67 bits per heavy atom. The summed E-state index contributed by atoms with van der Waals surface area (Å²) in [6.07, 6.45) is 14.3. The average molecular weight is 300 g/mol. The van der Waals surface area contributed by atoms with Gasteiger partial charge in [0.25, 0.3) is 0 Å². The van der Waals surface area contributed by atoms with Crippen LogP contribution in [0.15, 0.2) is 12.2 Å². The molecular formula is C17H32O4. The molecule has 4 heteroatoms. The lowest BCUT2D eigenvalue weighted by molar-refractivity contribution is -0.147. The van der Waals surface area contributed by atoms with Crippen LogP contribution in [0.1, 0.15) is 71.1 Å². The summed E-state index contributed by atoms with van der Waals surface area (Å²) >= 11 is 0. The minimum absolute atomic E-state index is 0.115. The van der Waals surface area contributed by atoms with E-state index in [4.69, 9.17) is 14.9 Å². The van der Waals surface area contributed by atoms with Crippen molar-refractivity contribution in [3.05, 3.63) is 12.2 Å². The van der Waals surface area contributed by atoms with Gasteiger partial charge in [-0.15, -0.1) is 0 Å². The number of carbonyl (C=O) groups is 1. The Hall–Kier alpha value is -0.870. The van der Waals surface area contributed by atoms with Gasteiger partial charge in [-0.3, -0.25) is 4.79 Å². The smallest absolute Gasteiger partial charge is 0.305 e. The number of rotatable bonds is 14. The quantitative estimate of drug-likeness (QED) is 0.293. The van der Waals surface area contributed by atoms with Gasteiger partial charge < -0.3 is 14.9 Å². The molecule has 0 radical (unpaired) electrons. The number of hydrogen-bond acceptors (Lipinski definition) is 4. The van der Waals surface area contributed by atoms with Crippen LogP contribution in [-0.2, 0) is 9.53 Å². The van der Waals surface area contributed by atoms with E-state index in [1.807, 2.05) is 0 Å². The SMILES string of the molecule is CCCCCC/C=C\CCCCCC(=O)OCC(O)CO. The summed E-state index contributed by atoms with van der Waals surface area (Å²) in [5, 5.41) is 17.6. The van der Waals surface area contributed by atoms with Crippen molar-refractivity contribution < 1.29 is 19.7 Å². The molecular weight excluding hydrogens is 268 g/mol.